The predicted molar refractivity (Wildman–Crippen MR) is 205 cm³/mol. The molecule has 1 aromatic heterocycles. The summed E-state index contributed by atoms with van der Waals surface area (Å²) in [5.41, 5.74) is 5.54. The van der Waals surface area contributed by atoms with E-state index in [2.05, 4.69) is 17.2 Å². The van der Waals surface area contributed by atoms with E-state index in [1.807, 2.05) is 60.7 Å². The average Bonchev–Trinajstić information content (AvgIpc) is 3.60. The number of aromatic nitrogens is 2. The highest BCUT2D eigenvalue weighted by atomic mass is 16.5. The second kappa shape index (κ2) is 20.4. The lowest BCUT2D eigenvalue weighted by molar-refractivity contribution is -0.131. The van der Waals surface area contributed by atoms with E-state index >= 15 is 0 Å². The second-order valence-corrected chi connectivity index (χ2v) is 12.4. The summed E-state index contributed by atoms with van der Waals surface area (Å²) in [5, 5.41) is 12.0. The number of benzene rings is 3. The first kappa shape index (κ1) is 38.5. The zero-order valence-corrected chi connectivity index (χ0v) is 30.3. The third-order valence-corrected chi connectivity index (χ3v) is 8.72. The first-order valence-corrected chi connectivity index (χ1v) is 17.9. The van der Waals surface area contributed by atoms with E-state index in [-0.39, 0.29) is 5.91 Å². The van der Waals surface area contributed by atoms with Crippen LogP contribution in [0.4, 0.5) is 0 Å². The van der Waals surface area contributed by atoms with Gasteiger partial charge in [0.2, 0.25) is 11.7 Å². The lowest BCUT2D eigenvalue weighted by atomic mass is 10.0. The monoisotopic (exact) mass is 693 g/mol. The van der Waals surface area contributed by atoms with Gasteiger partial charge in [-0.3, -0.25) is 4.79 Å². The molecular formula is C42H51N3O6. The van der Waals surface area contributed by atoms with E-state index < -0.39 is 5.97 Å². The number of aliphatic carboxylic acids is 1. The maximum absolute atomic E-state index is 12.5. The third-order valence-electron chi connectivity index (χ3n) is 8.72. The number of carbonyl (C=O) groups is 2. The van der Waals surface area contributed by atoms with Crippen LogP contribution >= 0.6 is 0 Å². The Balaban J connectivity index is 1.47. The van der Waals surface area contributed by atoms with Crippen LogP contribution in [-0.4, -0.2) is 54.8 Å². The largest absolute Gasteiger partial charge is 0.493 e. The summed E-state index contributed by atoms with van der Waals surface area (Å²) in [7, 11) is 4.70. The van der Waals surface area contributed by atoms with Gasteiger partial charge in [0.05, 0.1) is 38.3 Å². The SMILES string of the molecule is CCCCCCCCCCCCNC(=O)C=Cc1ccc(-c2nc(-c3ccc(OC)c(OC)c3OC)[nH]c2-c2ccc(C=CC(=O)O)cc2)cc1. The highest BCUT2D eigenvalue weighted by Crippen LogP contribution is 2.45. The smallest absolute Gasteiger partial charge is 0.328 e. The fourth-order valence-electron chi connectivity index (χ4n) is 5.94. The highest BCUT2D eigenvalue weighted by Gasteiger charge is 2.22. The number of H-pyrrole nitrogens is 1. The molecule has 0 aliphatic heterocycles. The number of nitrogens with one attached hydrogen (secondary N) is 2. The Morgan fingerprint density at radius 1 is 0.706 bits per heavy atom. The molecule has 51 heavy (non-hydrogen) atoms. The molecule has 0 aliphatic rings. The van der Waals surface area contributed by atoms with Crippen molar-refractivity contribution in [1.82, 2.24) is 15.3 Å². The molecule has 3 N–H and O–H groups in total. The number of nitrogens with zero attached hydrogens (tertiary/aromatic N) is 1. The normalized spacial score (nSPS) is 11.3. The van der Waals surface area contributed by atoms with Gasteiger partial charge in [-0.15, -0.1) is 0 Å². The van der Waals surface area contributed by atoms with Crippen LogP contribution in [0.1, 0.15) is 82.3 Å². The Hall–Kier alpha value is -5.31. The zero-order valence-electron chi connectivity index (χ0n) is 30.3. The van der Waals surface area contributed by atoms with Gasteiger partial charge >= 0.3 is 5.97 Å². The molecule has 0 aliphatic carbocycles. The van der Waals surface area contributed by atoms with Crippen LogP contribution in [0.3, 0.4) is 0 Å². The Kier molecular flexibility index (Phi) is 15.4. The molecule has 0 radical (unpaired) electrons. The minimum atomic E-state index is -1.01. The van der Waals surface area contributed by atoms with Crippen molar-refractivity contribution in [2.24, 2.45) is 0 Å². The van der Waals surface area contributed by atoms with Crippen molar-refractivity contribution < 1.29 is 28.9 Å². The van der Waals surface area contributed by atoms with Crippen molar-refractivity contribution in [3.8, 4) is 51.2 Å². The van der Waals surface area contributed by atoms with Crippen LogP contribution in [-0.2, 0) is 9.59 Å². The number of carboxylic acids is 1. The zero-order chi connectivity index (χ0) is 36.4. The third kappa shape index (κ3) is 11.4. The molecule has 0 spiro atoms. The van der Waals surface area contributed by atoms with E-state index in [0.29, 0.717) is 40.9 Å². The summed E-state index contributed by atoms with van der Waals surface area (Å²) in [6.45, 7) is 2.93. The summed E-state index contributed by atoms with van der Waals surface area (Å²) in [4.78, 5) is 32.0. The van der Waals surface area contributed by atoms with Crippen LogP contribution in [0.5, 0.6) is 17.2 Å². The number of ether oxygens (including phenoxy) is 3. The Bertz CT molecular complexity index is 1760. The molecule has 1 amide bonds. The average molecular weight is 694 g/mol. The predicted octanol–water partition coefficient (Wildman–Crippen LogP) is 9.58. The molecule has 1 heterocycles. The molecule has 0 saturated heterocycles. The van der Waals surface area contributed by atoms with E-state index in [1.54, 1.807) is 39.5 Å². The second-order valence-electron chi connectivity index (χ2n) is 12.4. The minimum absolute atomic E-state index is 0.0975. The van der Waals surface area contributed by atoms with Crippen LogP contribution < -0.4 is 19.5 Å². The number of aromatic amines is 1. The molecule has 3 aromatic carbocycles. The van der Waals surface area contributed by atoms with Gasteiger partial charge in [0, 0.05) is 29.8 Å². The molecule has 0 saturated carbocycles. The van der Waals surface area contributed by atoms with Gasteiger partial charge in [-0.25, -0.2) is 9.78 Å². The molecule has 0 fully saturated rings. The topological polar surface area (TPSA) is 123 Å². The van der Waals surface area contributed by atoms with Crippen LogP contribution in [0.15, 0.2) is 72.8 Å². The summed E-state index contributed by atoms with van der Waals surface area (Å²) < 4.78 is 16.8. The molecule has 0 atom stereocenters. The number of unbranched alkanes of at least 4 members (excludes halogenated alkanes) is 9. The lowest BCUT2D eigenvalue weighted by Crippen LogP contribution is -2.21. The van der Waals surface area contributed by atoms with E-state index in [0.717, 1.165) is 46.9 Å². The molecule has 0 unspecified atom stereocenters. The van der Waals surface area contributed by atoms with Crippen molar-refractivity contribution in [2.75, 3.05) is 27.9 Å². The van der Waals surface area contributed by atoms with Crippen molar-refractivity contribution >= 4 is 24.0 Å². The van der Waals surface area contributed by atoms with Gasteiger partial charge in [0.25, 0.3) is 0 Å². The quantitative estimate of drug-likeness (QED) is 0.0587. The van der Waals surface area contributed by atoms with Gasteiger partial charge in [-0.05, 0) is 41.8 Å². The number of imidazole rings is 1. The maximum atomic E-state index is 12.5. The highest BCUT2D eigenvalue weighted by molar-refractivity contribution is 5.92. The molecular weight excluding hydrogens is 642 g/mol. The Labute approximate surface area is 301 Å². The summed E-state index contributed by atoms with van der Waals surface area (Å²) >= 11 is 0. The summed E-state index contributed by atoms with van der Waals surface area (Å²) in [6, 6.07) is 19.1. The number of hydrogen-bond donors (Lipinski definition) is 3. The summed E-state index contributed by atoms with van der Waals surface area (Å²) in [5.74, 6) is 0.924. The number of amides is 1. The Morgan fingerprint density at radius 3 is 1.84 bits per heavy atom. The maximum Gasteiger partial charge on any atom is 0.328 e. The minimum Gasteiger partial charge on any atom is -0.493 e. The van der Waals surface area contributed by atoms with Gasteiger partial charge in [-0.2, -0.15) is 0 Å². The molecule has 9 heteroatoms. The van der Waals surface area contributed by atoms with Crippen LogP contribution in [0.25, 0.3) is 46.1 Å². The molecule has 4 rings (SSSR count). The first-order chi connectivity index (χ1) is 24.9. The molecule has 9 nitrogen and oxygen atoms in total. The Morgan fingerprint density at radius 2 is 1.27 bits per heavy atom. The van der Waals surface area contributed by atoms with Gasteiger partial charge in [0.1, 0.15) is 5.82 Å². The van der Waals surface area contributed by atoms with Crippen molar-refractivity contribution in [1.29, 1.82) is 0 Å². The molecule has 4 aromatic rings. The summed E-state index contributed by atoms with van der Waals surface area (Å²) in [6.07, 6.45) is 18.7. The van der Waals surface area contributed by atoms with Crippen molar-refractivity contribution in [3.05, 3.63) is 83.9 Å². The van der Waals surface area contributed by atoms with E-state index in [1.165, 1.54) is 51.4 Å². The van der Waals surface area contributed by atoms with E-state index in [9.17, 15) is 9.59 Å². The van der Waals surface area contributed by atoms with Gasteiger partial charge in [0.15, 0.2) is 11.5 Å². The number of rotatable bonds is 21. The number of methoxy groups -OCH3 is 3. The number of hydrogen-bond acceptors (Lipinski definition) is 6. The molecule has 270 valence electrons. The first-order valence-electron chi connectivity index (χ1n) is 17.9. The lowest BCUT2D eigenvalue weighted by Gasteiger charge is -2.14. The fourth-order valence-corrected chi connectivity index (χ4v) is 5.94. The molecule has 0 bridgehead atoms. The van der Waals surface area contributed by atoms with Crippen molar-refractivity contribution in [2.45, 2.75) is 71.1 Å². The van der Waals surface area contributed by atoms with Crippen molar-refractivity contribution in [3.63, 3.8) is 0 Å². The number of carboxylic acid groups (broad SMARTS) is 1. The van der Waals surface area contributed by atoms with E-state index in [4.69, 9.17) is 24.3 Å². The van der Waals surface area contributed by atoms with Crippen LogP contribution in [0, 0.1) is 0 Å². The standard InChI is InChI=1S/C42H51N3O6/c1-5-6-7-8-9-10-11-12-13-14-29-43-36(46)27-19-30-15-21-32(22-16-30)38-39(33-23-17-31(18-24-33)20-28-37(47)48)45-42(44-38)34-25-26-35(49-2)41(51-4)40(34)50-3/h15-28H,5-14,29H2,1-4H3,(H,43,46)(H,44,45)(H,47,48). The van der Waals surface area contributed by atoms with Gasteiger partial charge < -0.3 is 29.6 Å². The number of carbonyl (C=O) groups excluding carboxylic acids is 1. The van der Waals surface area contributed by atoms with Crippen LogP contribution in [0.2, 0.25) is 0 Å². The fraction of sp³-hybridized carbons (Fsp3) is 0.357. The van der Waals surface area contributed by atoms with Gasteiger partial charge in [-0.1, -0.05) is 113 Å².